The number of rotatable bonds is 14. The molecule has 8 heteroatoms. The fourth-order valence-corrected chi connectivity index (χ4v) is 4.71. The van der Waals surface area contributed by atoms with E-state index in [1.165, 1.54) is 5.56 Å². The average Bonchev–Trinajstić information content (AvgIpc) is 3.35. The van der Waals surface area contributed by atoms with Crippen LogP contribution in [0.4, 0.5) is 0 Å². The molecule has 204 valence electrons. The van der Waals surface area contributed by atoms with Crippen molar-refractivity contribution in [2.24, 2.45) is 4.99 Å². The van der Waals surface area contributed by atoms with Gasteiger partial charge in [-0.1, -0.05) is 64.5 Å². The molecule has 3 aromatic rings. The van der Waals surface area contributed by atoms with Gasteiger partial charge in [-0.05, 0) is 60.4 Å². The van der Waals surface area contributed by atoms with Crippen molar-refractivity contribution in [1.82, 2.24) is 10.9 Å². The van der Waals surface area contributed by atoms with E-state index in [1.807, 2.05) is 66.7 Å². The molecule has 7 nitrogen and oxygen atoms in total. The number of aryl methyl sites for hydroxylation is 1. The lowest BCUT2D eigenvalue weighted by atomic mass is 9.84. The average molecular weight is 593 g/mol. The molecule has 0 bridgehead atoms. The second-order valence-electron chi connectivity index (χ2n) is 9.30. The van der Waals surface area contributed by atoms with Crippen molar-refractivity contribution in [3.8, 4) is 5.75 Å². The first-order chi connectivity index (χ1) is 19.1. The molecule has 39 heavy (non-hydrogen) atoms. The smallest absolute Gasteiger partial charge is 0.266 e. The van der Waals surface area contributed by atoms with Crippen LogP contribution in [0.3, 0.4) is 0 Å². The van der Waals surface area contributed by atoms with Crippen LogP contribution in [-0.2, 0) is 16.0 Å². The van der Waals surface area contributed by atoms with Gasteiger partial charge >= 0.3 is 0 Å². The highest BCUT2D eigenvalue weighted by atomic mass is 79.9. The maximum atomic E-state index is 13.8. The molecule has 2 atom stereocenters. The molecule has 1 heterocycles. The number of benzene rings is 3. The highest BCUT2D eigenvalue weighted by Crippen LogP contribution is 2.43. The Morgan fingerprint density at radius 3 is 2.51 bits per heavy atom. The van der Waals surface area contributed by atoms with Gasteiger partial charge in [0.25, 0.3) is 5.91 Å². The van der Waals surface area contributed by atoms with Gasteiger partial charge in [-0.25, -0.2) is 10.4 Å². The molecular formula is C31H34BrN3O4. The van der Waals surface area contributed by atoms with Gasteiger partial charge in [0.1, 0.15) is 5.75 Å². The zero-order chi connectivity index (χ0) is 27.5. The van der Waals surface area contributed by atoms with Gasteiger partial charge in [0.15, 0.2) is 11.6 Å². The van der Waals surface area contributed by atoms with E-state index in [9.17, 15) is 4.79 Å². The molecule has 3 N–H and O–H groups in total. The van der Waals surface area contributed by atoms with Gasteiger partial charge in [0, 0.05) is 36.0 Å². The Morgan fingerprint density at radius 2 is 1.82 bits per heavy atom. The van der Waals surface area contributed by atoms with Crippen molar-refractivity contribution >= 4 is 27.7 Å². The standard InChI is InChI=1S/C31H34BrN3O4/c1-2-19-31(30(37)35-33-20-6-10-23-8-4-3-5-9-23)28(24-11-15-26(32)16-12-24)39-29(34-31)25-13-17-27(18-14-25)38-22-7-21-36/h2-5,8-9,11-18,28,33,36H,1,6-7,10,19-22H2,(H,35,37)/t28-,31-/m0/s1. The first-order valence-electron chi connectivity index (χ1n) is 13.1. The number of aliphatic hydroxyl groups excluding tert-OH is 1. The largest absolute Gasteiger partial charge is 0.494 e. The monoisotopic (exact) mass is 591 g/mol. The summed E-state index contributed by atoms with van der Waals surface area (Å²) >= 11 is 3.49. The van der Waals surface area contributed by atoms with E-state index in [2.05, 4.69) is 45.5 Å². The van der Waals surface area contributed by atoms with Crippen LogP contribution in [0.25, 0.3) is 0 Å². The molecule has 3 aromatic carbocycles. The zero-order valence-electron chi connectivity index (χ0n) is 21.8. The van der Waals surface area contributed by atoms with Crippen LogP contribution >= 0.6 is 15.9 Å². The third-order valence-electron chi connectivity index (χ3n) is 6.47. The van der Waals surface area contributed by atoms with Gasteiger partial charge in [-0.15, -0.1) is 6.58 Å². The molecule has 0 fully saturated rings. The summed E-state index contributed by atoms with van der Waals surface area (Å²) in [6.45, 7) is 5.04. The third-order valence-corrected chi connectivity index (χ3v) is 7.00. The number of amides is 1. The first kappa shape index (κ1) is 28.5. The highest BCUT2D eigenvalue weighted by Gasteiger charge is 2.52. The predicted molar refractivity (Wildman–Crippen MR) is 157 cm³/mol. The summed E-state index contributed by atoms with van der Waals surface area (Å²) in [6, 6.07) is 25.3. The molecular weight excluding hydrogens is 558 g/mol. The lowest BCUT2D eigenvalue weighted by Crippen LogP contribution is -2.52. The summed E-state index contributed by atoms with van der Waals surface area (Å²) in [5, 5.41) is 8.97. The molecule has 0 aromatic heterocycles. The van der Waals surface area contributed by atoms with Crippen molar-refractivity contribution in [3.05, 3.63) is 113 Å². The summed E-state index contributed by atoms with van der Waals surface area (Å²) in [4.78, 5) is 18.7. The minimum Gasteiger partial charge on any atom is -0.494 e. The molecule has 0 aliphatic carbocycles. The quantitative estimate of drug-likeness (QED) is 0.134. The Kier molecular flexibility index (Phi) is 10.3. The summed E-state index contributed by atoms with van der Waals surface area (Å²) in [6.07, 6.45) is 3.68. The normalized spacial score (nSPS) is 18.2. The van der Waals surface area contributed by atoms with E-state index >= 15 is 0 Å². The topological polar surface area (TPSA) is 92.2 Å². The van der Waals surface area contributed by atoms with Crippen molar-refractivity contribution in [2.75, 3.05) is 19.8 Å². The lowest BCUT2D eigenvalue weighted by Gasteiger charge is -2.29. The lowest BCUT2D eigenvalue weighted by molar-refractivity contribution is -0.129. The number of halogens is 1. The van der Waals surface area contributed by atoms with E-state index in [0.717, 1.165) is 28.4 Å². The number of carbonyl (C=O) groups excluding carboxylic acids is 1. The molecule has 0 saturated heterocycles. The molecule has 0 radical (unpaired) electrons. The van der Waals surface area contributed by atoms with Crippen LogP contribution in [0.2, 0.25) is 0 Å². The number of nitrogens with one attached hydrogen (secondary N) is 2. The van der Waals surface area contributed by atoms with E-state index in [-0.39, 0.29) is 18.9 Å². The van der Waals surface area contributed by atoms with Crippen LogP contribution in [-0.4, -0.2) is 42.2 Å². The first-order valence-corrected chi connectivity index (χ1v) is 13.9. The summed E-state index contributed by atoms with van der Waals surface area (Å²) in [5.74, 6) is 0.782. The number of aliphatic hydroxyl groups is 1. The van der Waals surface area contributed by atoms with Crippen molar-refractivity contribution in [3.63, 3.8) is 0 Å². The summed E-state index contributed by atoms with van der Waals surface area (Å²) < 4.78 is 13.0. The van der Waals surface area contributed by atoms with Crippen LogP contribution in [0.1, 0.15) is 42.1 Å². The maximum absolute atomic E-state index is 13.8. The summed E-state index contributed by atoms with van der Waals surface area (Å²) in [5.41, 5.74) is 7.55. The molecule has 1 aliphatic rings. The van der Waals surface area contributed by atoms with E-state index in [0.29, 0.717) is 31.2 Å². The van der Waals surface area contributed by atoms with E-state index in [4.69, 9.17) is 19.6 Å². The number of hydrogen-bond acceptors (Lipinski definition) is 6. The number of aliphatic imine (C=N–C) groups is 1. The number of ether oxygens (including phenoxy) is 2. The van der Waals surface area contributed by atoms with Crippen molar-refractivity contribution in [2.45, 2.75) is 37.3 Å². The van der Waals surface area contributed by atoms with Gasteiger partial charge in [-0.3, -0.25) is 10.2 Å². The third kappa shape index (κ3) is 7.35. The van der Waals surface area contributed by atoms with Crippen LogP contribution < -0.4 is 15.6 Å². The van der Waals surface area contributed by atoms with Crippen molar-refractivity contribution in [1.29, 1.82) is 0 Å². The number of nitrogens with zero attached hydrogens (tertiary/aromatic N) is 1. The highest BCUT2D eigenvalue weighted by molar-refractivity contribution is 9.10. The minimum absolute atomic E-state index is 0.0789. The van der Waals surface area contributed by atoms with Gasteiger partial charge in [-0.2, -0.15) is 0 Å². The minimum atomic E-state index is -1.24. The molecule has 0 spiro atoms. The Hall–Kier alpha value is -3.46. The Bertz CT molecular complexity index is 1250. The fourth-order valence-electron chi connectivity index (χ4n) is 4.45. The second kappa shape index (κ2) is 14.1. The summed E-state index contributed by atoms with van der Waals surface area (Å²) in [7, 11) is 0. The molecule has 1 aliphatic heterocycles. The predicted octanol–water partition coefficient (Wildman–Crippen LogP) is 5.30. The zero-order valence-corrected chi connectivity index (χ0v) is 23.4. The Labute approximate surface area is 238 Å². The number of carbonyl (C=O) groups is 1. The Balaban J connectivity index is 1.53. The van der Waals surface area contributed by atoms with Gasteiger partial charge in [0.05, 0.1) is 6.61 Å². The molecule has 0 unspecified atom stereocenters. The van der Waals surface area contributed by atoms with Gasteiger partial charge < -0.3 is 14.6 Å². The fraction of sp³-hybridized carbons (Fsp3) is 0.290. The van der Waals surface area contributed by atoms with E-state index < -0.39 is 11.6 Å². The SMILES string of the molecule is C=CC[C@]1(C(=O)NNCCCc2ccccc2)N=C(c2ccc(OCCCO)cc2)O[C@H]1c1ccc(Br)cc1. The van der Waals surface area contributed by atoms with Gasteiger partial charge in [0.2, 0.25) is 5.90 Å². The maximum Gasteiger partial charge on any atom is 0.266 e. The second-order valence-corrected chi connectivity index (χ2v) is 10.2. The van der Waals surface area contributed by atoms with Crippen LogP contribution in [0.15, 0.2) is 101 Å². The van der Waals surface area contributed by atoms with E-state index in [1.54, 1.807) is 6.08 Å². The molecule has 1 amide bonds. The van der Waals surface area contributed by atoms with Crippen molar-refractivity contribution < 1.29 is 19.4 Å². The van der Waals surface area contributed by atoms with Crippen LogP contribution in [0.5, 0.6) is 5.75 Å². The molecule has 4 rings (SSSR count). The Morgan fingerprint density at radius 1 is 1.08 bits per heavy atom. The number of hydrogen-bond donors (Lipinski definition) is 3. The number of hydrazine groups is 1. The molecule has 0 saturated carbocycles. The van der Waals surface area contributed by atoms with Crippen LogP contribution in [0, 0.1) is 0 Å².